The van der Waals surface area contributed by atoms with E-state index in [1.807, 2.05) is 13.8 Å². The van der Waals surface area contributed by atoms with Gasteiger partial charge in [0, 0.05) is 6.04 Å². The van der Waals surface area contributed by atoms with Crippen molar-refractivity contribution in [2.45, 2.75) is 65.0 Å². The van der Waals surface area contributed by atoms with E-state index in [2.05, 4.69) is 17.6 Å². The lowest BCUT2D eigenvalue weighted by atomic mass is 9.86. The Balaban J connectivity index is 2.45. The smallest absolute Gasteiger partial charge is 0.326 e. The molecule has 2 amide bonds. The minimum atomic E-state index is -0.972. The van der Waals surface area contributed by atoms with Gasteiger partial charge in [-0.2, -0.15) is 0 Å². The first-order valence-electron chi connectivity index (χ1n) is 7.20. The van der Waals surface area contributed by atoms with Gasteiger partial charge in [-0.3, -0.25) is 0 Å². The molecule has 0 radical (unpaired) electrons. The summed E-state index contributed by atoms with van der Waals surface area (Å²) in [6.45, 7) is 6.02. The Morgan fingerprint density at radius 2 is 1.89 bits per heavy atom. The molecule has 19 heavy (non-hydrogen) atoms. The molecule has 0 aliphatic heterocycles. The molecule has 5 nitrogen and oxygen atoms in total. The lowest BCUT2D eigenvalue weighted by Crippen LogP contribution is -2.51. The molecule has 0 aromatic carbocycles. The first-order valence-corrected chi connectivity index (χ1v) is 7.20. The summed E-state index contributed by atoms with van der Waals surface area (Å²) < 4.78 is 0. The Labute approximate surface area is 115 Å². The summed E-state index contributed by atoms with van der Waals surface area (Å²) >= 11 is 0. The van der Waals surface area contributed by atoms with Crippen molar-refractivity contribution in [3.63, 3.8) is 0 Å². The molecule has 0 aromatic rings. The van der Waals surface area contributed by atoms with Gasteiger partial charge in [0.25, 0.3) is 0 Å². The van der Waals surface area contributed by atoms with Gasteiger partial charge in [0.1, 0.15) is 6.04 Å². The molecule has 1 saturated carbocycles. The van der Waals surface area contributed by atoms with Crippen molar-refractivity contribution >= 4 is 12.0 Å². The molecule has 1 rings (SSSR count). The highest BCUT2D eigenvalue weighted by Crippen LogP contribution is 2.23. The number of aliphatic carboxylic acids is 1. The highest BCUT2D eigenvalue weighted by Gasteiger charge is 2.25. The Kier molecular flexibility index (Phi) is 6.12. The minimum Gasteiger partial charge on any atom is -0.480 e. The van der Waals surface area contributed by atoms with E-state index in [1.54, 1.807) is 0 Å². The van der Waals surface area contributed by atoms with E-state index < -0.39 is 12.0 Å². The first-order chi connectivity index (χ1) is 8.90. The number of rotatable bonds is 5. The van der Waals surface area contributed by atoms with Crippen LogP contribution in [0.25, 0.3) is 0 Å². The molecule has 5 heteroatoms. The molecular weight excluding hydrogens is 244 g/mol. The zero-order valence-electron chi connectivity index (χ0n) is 12.1. The topological polar surface area (TPSA) is 78.4 Å². The van der Waals surface area contributed by atoms with Crippen molar-refractivity contribution in [1.29, 1.82) is 0 Å². The van der Waals surface area contributed by atoms with E-state index in [-0.39, 0.29) is 18.0 Å². The molecule has 0 unspecified atom stereocenters. The summed E-state index contributed by atoms with van der Waals surface area (Å²) in [5, 5.41) is 14.6. The predicted molar refractivity (Wildman–Crippen MR) is 74.0 cm³/mol. The predicted octanol–water partition coefficient (Wildman–Crippen LogP) is 2.36. The third kappa shape index (κ3) is 5.49. The van der Waals surface area contributed by atoms with Gasteiger partial charge < -0.3 is 15.7 Å². The number of carbonyl (C=O) groups excluding carboxylic acids is 1. The van der Waals surface area contributed by atoms with Crippen LogP contribution in [0.15, 0.2) is 0 Å². The minimum absolute atomic E-state index is 0.169. The summed E-state index contributed by atoms with van der Waals surface area (Å²) in [4.78, 5) is 23.0. The lowest BCUT2D eigenvalue weighted by Gasteiger charge is -2.30. The van der Waals surface area contributed by atoms with Crippen LogP contribution in [0.3, 0.4) is 0 Å². The van der Waals surface area contributed by atoms with Crippen molar-refractivity contribution in [1.82, 2.24) is 10.6 Å². The van der Waals surface area contributed by atoms with Gasteiger partial charge in [-0.15, -0.1) is 0 Å². The fourth-order valence-electron chi connectivity index (χ4n) is 2.59. The molecule has 1 aliphatic carbocycles. The summed E-state index contributed by atoms with van der Waals surface area (Å²) in [6, 6.07) is -0.993. The molecule has 3 N–H and O–H groups in total. The SMILES string of the molecule is CC(C)C[C@H](NC(=O)N[C@@H]1CCCC[C@H]1C)C(=O)O. The number of hydrogen-bond donors (Lipinski definition) is 3. The second kappa shape index (κ2) is 7.36. The maximum atomic E-state index is 11.9. The van der Waals surface area contributed by atoms with Crippen molar-refractivity contribution < 1.29 is 14.7 Å². The number of carboxylic acid groups (broad SMARTS) is 1. The van der Waals surface area contributed by atoms with Gasteiger partial charge in [-0.25, -0.2) is 9.59 Å². The Bertz CT molecular complexity index is 318. The second-order valence-corrected chi connectivity index (χ2v) is 6.01. The van der Waals surface area contributed by atoms with Crippen LogP contribution in [-0.2, 0) is 4.79 Å². The number of carbonyl (C=O) groups is 2. The molecule has 1 fully saturated rings. The van der Waals surface area contributed by atoms with Crippen molar-refractivity contribution in [2.75, 3.05) is 0 Å². The number of hydrogen-bond acceptors (Lipinski definition) is 2. The second-order valence-electron chi connectivity index (χ2n) is 6.01. The molecule has 1 aliphatic rings. The number of nitrogens with one attached hydrogen (secondary N) is 2. The van der Waals surface area contributed by atoms with Gasteiger partial charge in [0.05, 0.1) is 0 Å². The highest BCUT2D eigenvalue weighted by atomic mass is 16.4. The summed E-state index contributed by atoms with van der Waals surface area (Å²) in [5.41, 5.74) is 0. The molecule has 110 valence electrons. The fraction of sp³-hybridized carbons (Fsp3) is 0.857. The van der Waals surface area contributed by atoms with Gasteiger partial charge in [-0.1, -0.05) is 33.6 Å². The molecule has 0 saturated heterocycles. The summed E-state index contributed by atoms with van der Waals surface area (Å²) in [6.07, 6.45) is 4.90. The third-order valence-electron chi connectivity index (χ3n) is 3.74. The number of amides is 2. The Morgan fingerprint density at radius 1 is 1.26 bits per heavy atom. The van der Waals surface area contributed by atoms with Crippen LogP contribution in [0, 0.1) is 11.8 Å². The maximum Gasteiger partial charge on any atom is 0.326 e. The van der Waals surface area contributed by atoms with E-state index >= 15 is 0 Å². The van der Waals surface area contributed by atoms with Crippen LogP contribution in [-0.4, -0.2) is 29.2 Å². The largest absolute Gasteiger partial charge is 0.480 e. The molecule has 0 heterocycles. The number of carboxylic acids is 1. The monoisotopic (exact) mass is 270 g/mol. The van der Waals surface area contributed by atoms with Crippen LogP contribution in [0.4, 0.5) is 4.79 Å². The van der Waals surface area contributed by atoms with E-state index in [0.717, 1.165) is 19.3 Å². The highest BCUT2D eigenvalue weighted by molar-refractivity contribution is 5.82. The van der Waals surface area contributed by atoms with Crippen LogP contribution in [0.5, 0.6) is 0 Å². The summed E-state index contributed by atoms with van der Waals surface area (Å²) in [7, 11) is 0. The zero-order valence-corrected chi connectivity index (χ0v) is 12.1. The Morgan fingerprint density at radius 3 is 2.42 bits per heavy atom. The molecular formula is C14H26N2O3. The van der Waals surface area contributed by atoms with E-state index in [0.29, 0.717) is 12.3 Å². The van der Waals surface area contributed by atoms with E-state index in [9.17, 15) is 9.59 Å². The number of urea groups is 1. The van der Waals surface area contributed by atoms with Crippen molar-refractivity contribution in [3.8, 4) is 0 Å². The Hall–Kier alpha value is -1.26. The average molecular weight is 270 g/mol. The van der Waals surface area contributed by atoms with E-state index in [1.165, 1.54) is 6.42 Å². The van der Waals surface area contributed by atoms with Gasteiger partial charge in [-0.05, 0) is 31.1 Å². The van der Waals surface area contributed by atoms with Crippen LogP contribution in [0.1, 0.15) is 52.9 Å². The van der Waals surface area contributed by atoms with Crippen molar-refractivity contribution in [2.24, 2.45) is 11.8 Å². The zero-order chi connectivity index (χ0) is 14.4. The average Bonchev–Trinajstić information content (AvgIpc) is 2.30. The van der Waals surface area contributed by atoms with Gasteiger partial charge in [0.2, 0.25) is 0 Å². The molecule has 3 atom stereocenters. The molecule has 0 bridgehead atoms. The molecule has 0 aromatic heterocycles. The van der Waals surface area contributed by atoms with Gasteiger partial charge >= 0.3 is 12.0 Å². The quantitative estimate of drug-likeness (QED) is 0.717. The van der Waals surface area contributed by atoms with E-state index in [4.69, 9.17) is 5.11 Å². The first kappa shape index (κ1) is 15.8. The van der Waals surface area contributed by atoms with Crippen molar-refractivity contribution in [3.05, 3.63) is 0 Å². The van der Waals surface area contributed by atoms with Crippen LogP contribution >= 0.6 is 0 Å². The fourth-order valence-corrected chi connectivity index (χ4v) is 2.59. The van der Waals surface area contributed by atoms with Gasteiger partial charge in [0.15, 0.2) is 0 Å². The summed E-state index contributed by atoms with van der Waals surface area (Å²) in [5.74, 6) is -0.275. The third-order valence-corrected chi connectivity index (χ3v) is 3.74. The normalized spacial score (nSPS) is 24.8. The lowest BCUT2D eigenvalue weighted by molar-refractivity contribution is -0.139. The maximum absolute atomic E-state index is 11.9. The van der Waals surface area contributed by atoms with Crippen LogP contribution in [0.2, 0.25) is 0 Å². The standard InChI is InChI=1S/C14H26N2O3/c1-9(2)8-12(13(17)18)16-14(19)15-11-7-5-4-6-10(11)3/h9-12H,4-8H2,1-3H3,(H,17,18)(H2,15,16,19)/t10-,11-,12+/m1/s1. The van der Waals surface area contributed by atoms with Crippen LogP contribution < -0.4 is 10.6 Å². The molecule has 0 spiro atoms.